The molecule has 1 rings (SSSR count). The minimum atomic E-state index is 0.122. The number of benzene rings is 1. The first kappa shape index (κ1) is 15.8. The molecule has 0 fully saturated rings. The van der Waals surface area contributed by atoms with Gasteiger partial charge in [0.1, 0.15) is 0 Å². The lowest BCUT2D eigenvalue weighted by atomic mass is 10.2. The lowest BCUT2D eigenvalue weighted by molar-refractivity contribution is 0.198. The van der Waals surface area contributed by atoms with Gasteiger partial charge in [0.15, 0.2) is 11.5 Å². The number of aliphatic hydroxyl groups excluding tert-OH is 1. The third-order valence-electron chi connectivity index (χ3n) is 2.63. The molecule has 0 radical (unpaired) electrons. The molecule has 2 N–H and O–H groups in total. The maximum atomic E-state index is 8.80. The SMILES string of the molecule is COCCNCc1cccc(OC)c1OCCCO. The molecule has 0 aromatic heterocycles. The number of ether oxygens (including phenoxy) is 3. The zero-order valence-corrected chi connectivity index (χ0v) is 11.6. The molecule has 0 saturated heterocycles. The van der Waals surface area contributed by atoms with Gasteiger partial charge >= 0.3 is 0 Å². The van der Waals surface area contributed by atoms with Crippen molar-refractivity contribution in [3.63, 3.8) is 0 Å². The number of aliphatic hydroxyl groups is 1. The zero-order chi connectivity index (χ0) is 13.9. The topological polar surface area (TPSA) is 60.0 Å². The first-order chi connectivity index (χ1) is 9.33. The Hall–Kier alpha value is -1.30. The summed E-state index contributed by atoms with van der Waals surface area (Å²) in [6, 6.07) is 5.80. The fraction of sp³-hybridized carbons (Fsp3) is 0.571. The van der Waals surface area contributed by atoms with Crippen LogP contribution in [-0.4, -0.2) is 45.7 Å². The van der Waals surface area contributed by atoms with Gasteiger partial charge in [-0.1, -0.05) is 12.1 Å². The molecule has 0 unspecified atom stereocenters. The van der Waals surface area contributed by atoms with E-state index in [0.29, 0.717) is 31.9 Å². The summed E-state index contributed by atoms with van der Waals surface area (Å²) in [4.78, 5) is 0. The predicted octanol–water partition coefficient (Wildman–Crippen LogP) is 1.19. The van der Waals surface area contributed by atoms with Gasteiger partial charge in [-0.05, 0) is 6.07 Å². The molecule has 0 aliphatic rings. The fourth-order valence-electron chi connectivity index (χ4n) is 1.66. The van der Waals surface area contributed by atoms with Crippen molar-refractivity contribution in [2.75, 3.05) is 40.6 Å². The Kier molecular flexibility index (Phi) is 7.97. The van der Waals surface area contributed by atoms with Gasteiger partial charge in [0, 0.05) is 38.8 Å². The fourth-order valence-corrected chi connectivity index (χ4v) is 1.66. The monoisotopic (exact) mass is 269 g/mol. The number of hydrogen-bond acceptors (Lipinski definition) is 5. The average molecular weight is 269 g/mol. The van der Waals surface area contributed by atoms with Gasteiger partial charge in [-0.25, -0.2) is 0 Å². The van der Waals surface area contributed by atoms with Crippen LogP contribution in [0, 0.1) is 0 Å². The van der Waals surface area contributed by atoms with E-state index in [1.54, 1.807) is 14.2 Å². The summed E-state index contributed by atoms with van der Waals surface area (Å²) >= 11 is 0. The molecule has 19 heavy (non-hydrogen) atoms. The van der Waals surface area contributed by atoms with E-state index < -0.39 is 0 Å². The number of para-hydroxylation sites is 1. The Morgan fingerprint density at radius 1 is 1.21 bits per heavy atom. The predicted molar refractivity (Wildman–Crippen MR) is 73.8 cm³/mol. The largest absolute Gasteiger partial charge is 0.493 e. The van der Waals surface area contributed by atoms with Gasteiger partial charge in [0.25, 0.3) is 0 Å². The summed E-state index contributed by atoms with van der Waals surface area (Å²) in [5, 5.41) is 12.1. The maximum Gasteiger partial charge on any atom is 0.165 e. The van der Waals surface area contributed by atoms with E-state index in [0.717, 1.165) is 17.9 Å². The Morgan fingerprint density at radius 2 is 2.05 bits per heavy atom. The zero-order valence-electron chi connectivity index (χ0n) is 11.6. The molecule has 5 heteroatoms. The molecule has 0 atom stereocenters. The van der Waals surface area contributed by atoms with Gasteiger partial charge in [-0.15, -0.1) is 0 Å². The van der Waals surface area contributed by atoms with Gasteiger partial charge in [-0.2, -0.15) is 0 Å². The molecule has 1 aromatic rings. The molecule has 0 aliphatic heterocycles. The summed E-state index contributed by atoms with van der Waals surface area (Å²) in [5.41, 5.74) is 1.04. The summed E-state index contributed by atoms with van der Waals surface area (Å²) in [6.07, 6.45) is 0.606. The van der Waals surface area contributed by atoms with Crippen molar-refractivity contribution < 1.29 is 19.3 Å². The molecular weight excluding hydrogens is 246 g/mol. The van der Waals surface area contributed by atoms with Crippen molar-refractivity contribution in [1.29, 1.82) is 0 Å². The molecule has 0 spiro atoms. The third kappa shape index (κ3) is 5.46. The van der Waals surface area contributed by atoms with Crippen LogP contribution in [0.15, 0.2) is 18.2 Å². The minimum Gasteiger partial charge on any atom is -0.493 e. The van der Waals surface area contributed by atoms with E-state index in [1.165, 1.54) is 0 Å². The highest BCUT2D eigenvalue weighted by molar-refractivity contribution is 5.46. The standard InChI is InChI=1S/C14H23NO4/c1-17-10-7-15-11-12-5-3-6-13(18-2)14(12)19-9-4-8-16/h3,5-6,15-16H,4,7-11H2,1-2H3. The van der Waals surface area contributed by atoms with E-state index in [1.807, 2.05) is 18.2 Å². The van der Waals surface area contributed by atoms with Crippen LogP contribution < -0.4 is 14.8 Å². The molecule has 0 aliphatic carbocycles. The van der Waals surface area contributed by atoms with Crippen LogP contribution in [0.3, 0.4) is 0 Å². The van der Waals surface area contributed by atoms with Crippen molar-refractivity contribution in [2.24, 2.45) is 0 Å². The van der Waals surface area contributed by atoms with Crippen LogP contribution in [0.2, 0.25) is 0 Å². The number of nitrogens with one attached hydrogen (secondary N) is 1. The number of hydrogen-bond donors (Lipinski definition) is 2. The van der Waals surface area contributed by atoms with E-state index in [-0.39, 0.29) is 6.61 Å². The van der Waals surface area contributed by atoms with Gasteiger partial charge in [-0.3, -0.25) is 0 Å². The number of rotatable bonds is 10. The van der Waals surface area contributed by atoms with Crippen LogP contribution >= 0.6 is 0 Å². The molecule has 1 aromatic carbocycles. The van der Waals surface area contributed by atoms with Crippen molar-refractivity contribution >= 4 is 0 Å². The average Bonchev–Trinajstić information content (AvgIpc) is 2.44. The molecular formula is C14H23NO4. The minimum absolute atomic E-state index is 0.122. The van der Waals surface area contributed by atoms with Gasteiger partial charge in [0.2, 0.25) is 0 Å². The van der Waals surface area contributed by atoms with Gasteiger partial charge < -0.3 is 24.6 Å². The second kappa shape index (κ2) is 9.61. The highest BCUT2D eigenvalue weighted by Gasteiger charge is 2.10. The Labute approximate surface area is 114 Å². The van der Waals surface area contributed by atoms with E-state index >= 15 is 0 Å². The van der Waals surface area contributed by atoms with Crippen LogP contribution in [0.5, 0.6) is 11.5 Å². The first-order valence-corrected chi connectivity index (χ1v) is 6.42. The maximum absolute atomic E-state index is 8.80. The molecule has 108 valence electrons. The van der Waals surface area contributed by atoms with Crippen molar-refractivity contribution in [2.45, 2.75) is 13.0 Å². The van der Waals surface area contributed by atoms with Crippen LogP contribution in [-0.2, 0) is 11.3 Å². The summed E-state index contributed by atoms with van der Waals surface area (Å²) in [5.74, 6) is 1.45. The van der Waals surface area contributed by atoms with Crippen molar-refractivity contribution in [3.05, 3.63) is 23.8 Å². The Morgan fingerprint density at radius 3 is 2.74 bits per heavy atom. The smallest absolute Gasteiger partial charge is 0.165 e. The van der Waals surface area contributed by atoms with E-state index in [4.69, 9.17) is 19.3 Å². The van der Waals surface area contributed by atoms with Crippen molar-refractivity contribution in [3.8, 4) is 11.5 Å². The van der Waals surface area contributed by atoms with Crippen LogP contribution in [0.25, 0.3) is 0 Å². The first-order valence-electron chi connectivity index (χ1n) is 6.42. The molecule has 0 heterocycles. The highest BCUT2D eigenvalue weighted by atomic mass is 16.5. The highest BCUT2D eigenvalue weighted by Crippen LogP contribution is 2.31. The molecule has 5 nitrogen and oxygen atoms in total. The Balaban J connectivity index is 2.65. The van der Waals surface area contributed by atoms with E-state index in [2.05, 4.69) is 5.32 Å². The normalized spacial score (nSPS) is 10.5. The van der Waals surface area contributed by atoms with Crippen LogP contribution in [0.1, 0.15) is 12.0 Å². The second-order valence-electron chi connectivity index (χ2n) is 4.04. The molecule has 0 bridgehead atoms. The Bertz CT molecular complexity index is 357. The summed E-state index contributed by atoms with van der Waals surface area (Å²) < 4.78 is 16.0. The number of methoxy groups -OCH3 is 2. The van der Waals surface area contributed by atoms with Crippen molar-refractivity contribution in [1.82, 2.24) is 5.32 Å². The van der Waals surface area contributed by atoms with Gasteiger partial charge in [0.05, 0.1) is 20.3 Å². The van der Waals surface area contributed by atoms with Crippen LogP contribution in [0.4, 0.5) is 0 Å². The summed E-state index contributed by atoms with van der Waals surface area (Å²) in [6.45, 7) is 2.74. The quantitative estimate of drug-likeness (QED) is 0.625. The second-order valence-corrected chi connectivity index (χ2v) is 4.04. The summed E-state index contributed by atoms with van der Waals surface area (Å²) in [7, 11) is 3.30. The van der Waals surface area contributed by atoms with E-state index in [9.17, 15) is 0 Å². The lowest BCUT2D eigenvalue weighted by Crippen LogP contribution is -2.19. The molecule has 0 amide bonds. The third-order valence-corrected chi connectivity index (χ3v) is 2.63. The lowest BCUT2D eigenvalue weighted by Gasteiger charge is -2.15. The molecule has 0 saturated carbocycles.